The van der Waals surface area contributed by atoms with Crippen LogP contribution in [0.3, 0.4) is 0 Å². The second kappa shape index (κ2) is 12.6. The van der Waals surface area contributed by atoms with Gasteiger partial charge in [0.05, 0.1) is 16.0 Å². The second-order valence-electron chi connectivity index (χ2n) is 7.44. The van der Waals surface area contributed by atoms with E-state index in [-0.39, 0.29) is 11.8 Å². The molecule has 4 aromatic rings. The van der Waals surface area contributed by atoms with Crippen LogP contribution in [0.4, 0.5) is 18.3 Å². The maximum Gasteiger partial charge on any atom is 0.416 e. The Morgan fingerprint density at radius 1 is 1.08 bits per heavy atom. The van der Waals surface area contributed by atoms with E-state index in [1.54, 1.807) is 24.3 Å². The van der Waals surface area contributed by atoms with E-state index in [0.29, 0.717) is 27.7 Å². The number of allylic oxidation sites excluding steroid dienone is 3. The molecule has 2 aromatic carbocycles. The Balaban J connectivity index is 0.000000436. The zero-order chi connectivity index (χ0) is 27.7. The molecule has 0 aliphatic carbocycles. The van der Waals surface area contributed by atoms with Gasteiger partial charge in [-0.1, -0.05) is 47.8 Å². The van der Waals surface area contributed by atoms with Gasteiger partial charge in [-0.2, -0.15) is 13.2 Å². The maximum atomic E-state index is 12.8. The number of thiazole rings is 1. The highest BCUT2D eigenvalue weighted by molar-refractivity contribution is 7.22. The van der Waals surface area contributed by atoms with Crippen LogP contribution in [0.1, 0.15) is 19.4 Å². The van der Waals surface area contributed by atoms with Crippen LogP contribution in [0.15, 0.2) is 79.2 Å². The van der Waals surface area contributed by atoms with Crippen molar-refractivity contribution in [2.45, 2.75) is 20.0 Å². The van der Waals surface area contributed by atoms with Gasteiger partial charge in [-0.3, -0.25) is 4.79 Å². The number of aromatic nitrogens is 3. The minimum absolute atomic E-state index is 0.210. The molecule has 12 heteroatoms. The fourth-order valence-electron chi connectivity index (χ4n) is 2.95. The summed E-state index contributed by atoms with van der Waals surface area (Å²) in [5.41, 5.74) is 0.732. The van der Waals surface area contributed by atoms with Crippen molar-refractivity contribution in [2.24, 2.45) is 0 Å². The van der Waals surface area contributed by atoms with Crippen LogP contribution >= 0.6 is 11.3 Å². The van der Waals surface area contributed by atoms with Gasteiger partial charge in [0.15, 0.2) is 10.9 Å². The molecule has 0 unspecified atom stereocenters. The quantitative estimate of drug-likeness (QED) is 0.205. The molecule has 0 fully saturated rings. The summed E-state index contributed by atoms with van der Waals surface area (Å²) in [7, 11) is 0. The number of amides is 1. The van der Waals surface area contributed by atoms with Crippen molar-refractivity contribution in [1.29, 1.82) is 0 Å². The van der Waals surface area contributed by atoms with Gasteiger partial charge < -0.3 is 15.2 Å². The van der Waals surface area contributed by atoms with E-state index in [1.165, 1.54) is 48.9 Å². The van der Waals surface area contributed by atoms with E-state index < -0.39 is 17.7 Å². The van der Waals surface area contributed by atoms with Gasteiger partial charge in [0.25, 0.3) is 0 Å². The number of hydrogen-bond acceptors (Lipinski definition) is 7. The molecule has 0 aliphatic heterocycles. The van der Waals surface area contributed by atoms with Crippen molar-refractivity contribution in [3.05, 3.63) is 84.7 Å². The van der Waals surface area contributed by atoms with Crippen LogP contribution in [0.5, 0.6) is 11.6 Å². The number of carbonyl (C=O) groups is 2. The van der Waals surface area contributed by atoms with Crippen molar-refractivity contribution < 1.29 is 32.6 Å². The predicted octanol–water partition coefficient (Wildman–Crippen LogP) is 6.73. The Kier molecular flexibility index (Phi) is 9.28. The van der Waals surface area contributed by atoms with Gasteiger partial charge in [0, 0.05) is 24.6 Å². The monoisotopic (exact) mass is 542 g/mol. The maximum absolute atomic E-state index is 12.8. The number of carboxylic acids is 1. The highest BCUT2D eigenvalue weighted by atomic mass is 32.1. The fourth-order valence-corrected chi connectivity index (χ4v) is 3.88. The first-order valence-electron chi connectivity index (χ1n) is 10.9. The van der Waals surface area contributed by atoms with Gasteiger partial charge in [-0.25, -0.2) is 19.7 Å². The Hall–Kier alpha value is -4.58. The average Bonchev–Trinajstić information content (AvgIpc) is 3.27. The number of alkyl halides is 3. The van der Waals surface area contributed by atoms with Crippen LogP contribution in [-0.4, -0.2) is 31.9 Å². The average molecular weight is 543 g/mol. The zero-order valence-electron chi connectivity index (χ0n) is 20.1. The highest BCUT2D eigenvalue weighted by Gasteiger charge is 2.30. The molecule has 8 nitrogen and oxygen atoms in total. The van der Waals surface area contributed by atoms with Crippen LogP contribution in [-0.2, 0) is 15.8 Å². The number of halogens is 3. The second-order valence-corrected chi connectivity index (χ2v) is 8.48. The Labute approximate surface area is 219 Å². The summed E-state index contributed by atoms with van der Waals surface area (Å²) < 4.78 is 44.9. The van der Waals surface area contributed by atoms with Crippen molar-refractivity contribution in [1.82, 2.24) is 15.0 Å². The number of benzene rings is 2. The first-order chi connectivity index (χ1) is 18.1. The van der Waals surface area contributed by atoms with Crippen molar-refractivity contribution in [3.63, 3.8) is 0 Å². The van der Waals surface area contributed by atoms with Gasteiger partial charge in [0.2, 0.25) is 11.8 Å². The summed E-state index contributed by atoms with van der Waals surface area (Å²) in [5.74, 6) is -0.504. The number of nitrogens with one attached hydrogen (secondary N) is 1. The van der Waals surface area contributed by atoms with E-state index in [9.17, 15) is 22.8 Å². The third kappa shape index (κ3) is 7.96. The number of aliphatic carboxylic acids is 1. The first-order valence-corrected chi connectivity index (χ1v) is 11.8. The third-order valence-electron chi connectivity index (χ3n) is 4.57. The van der Waals surface area contributed by atoms with Crippen LogP contribution in [0.25, 0.3) is 21.5 Å². The fraction of sp³-hybridized carbons (Fsp3) is 0.115. The molecular weight excluding hydrogens is 521 g/mol. The lowest BCUT2D eigenvalue weighted by Gasteiger charge is -2.09. The number of fused-ring (bicyclic) bond motifs is 1. The van der Waals surface area contributed by atoms with E-state index in [2.05, 4.69) is 20.3 Å². The molecule has 0 aliphatic rings. The number of carbonyl (C=O) groups excluding carboxylic acids is 1. The summed E-state index contributed by atoms with van der Waals surface area (Å²) in [5, 5.41) is 11.1. The molecule has 1 amide bonds. The number of para-hydroxylation sites is 1. The molecule has 38 heavy (non-hydrogen) atoms. The molecule has 0 saturated heterocycles. The Bertz CT molecular complexity index is 1480. The van der Waals surface area contributed by atoms with E-state index in [0.717, 1.165) is 22.9 Å². The molecule has 0 atom stereocenters. The van der Waals surface area contributed by atoms with E-state index in [1.807, 2.05) is 13.0 Å². The molecule has 2 aromatic heterocycles. The van der Waals surface area contributed by atoms with Gasteiger partial charge in [-0.15, -0.1) is 0 Å². The van der Waals surface area contributed by atoms with Gasteiger partial charge in [0.1, 0.15) is 11.8 Å². The summed E-state index contributed by atoms with van der Waals surface area (Å²) in [6.07, 6.45) is 2.85. The molecule has 2 N–H and O–H groups in total. The van der Waals surface area contributed by atoms with E-state index in [4.69, 9.17) is 9.84 Å². The van der Waals surface area contributed by atoms with Crippen molar-refractivity contribution in [2.75, 3.05) is 5.32 Å². The van der Waals surface area contributed by atoms with Crippen LogP contribution in [0, 0.1) is 0 Å². The van der Waals surface area contributed by atoms with E-state index >= 15 is 0 Å². The lowest BCUT2D eigenvalue weighted by Crippen LogP contribution is -2.04. The third-order valence-corrected chi connectivity index (χ3v) is 5.51. The summed E-state index contributed by atoms with van der Waals surface area (Å²) in [6.45, 7) is 3.22. The highest BCUT2D eigenvalue weighted by Crippen LogP contribution is 2.35. The topological polar surface area (TPSA) is 114 Å². The summed E-state index contributed by atoms with van der Waals surface area (Å²) in [6, 6.07) is 11.5. The summed E-state index contributed by atoms with van der Waals surface area (Å²) in [4.78, 5) is 33.6. The molecule has 0 saturated carbocycles. The predicted molar refractivity (Wildman–Crippen MR) is 138 cm³/mol. The SMILES string of the molecule is CC(=O)Nc1nc2c(Oc3cc(-c4ccc(C(F)(F)F)cc4)ncn3)cccc2s1.CC=CC=CC(=O)O. The summed E-state index contributed by atoms with van der Waals surface area (Å²) >= 11 is 1.31. The molecular formula is C26H21F3N4O4S. The van der Waals surface area contributed by atoms with Crippen molar-refractivity contribution in [3.8, 4) is 22.9 Å². The number of hydrogen-bond donors (Lipinski definition) is 2. The first kappa shape index (κ1) is 28.0. The Morgan fingerprint density at radius 3 is 2.45 bits per heavy atom. The molecule has 196 valence electrons. The number of rotatable bonds is 6. The smallest absolute Gasteiger partial charge is 0.416 e. The van der Waals surface area contributed by atoms with Gasteiger partial charge >= 0.3 is 12.1 Å². The Morgan fingerprint density at radius 2 is 1.82 bits per heavy atom. The van der Waals surface area contributed by atoms with Gasteiger partial charge in [-0.05, 0) is 31.2 Å². The van der Waals surface area contributed by atoms with Crippen molar-refractivity contribution >= 4 is 38.6 Å². The lowest BCUT2D eigenvalue weighted by atomic mass is 10.1. The lowest BCUT2D eigenvalue weighted by molar-refractivity contribution is -0.137. The molecule has 0 spiro atoms. The normalized spacial score (nSPS) is 11.4. The molecule has 2 heterocycles. The number of carboxylic acid groups (broad SMARTS) is 1. The minimum atomic E-state index is -4.40. The number of nitrogens with zero attached hydrogens (tertiary/aromatic N) is 3. The number of anilines is 1. The minimum Gasteiger partial charge on any atom is -0.478 e. The number of ether oxygens (including phenoxy) is 1. The standard InChI is InChI=1S/C20H13F3N4O2S.C6H8O2/c1-11(28)26-19-27-18-15(3-2-4-16(18)30-19)29-17-9-14(24-10-25-17)12-5-7-13(8-6-12)20(21,22)23;1-2-3-4-5-6(7)8/h2-10H,1H3,(H,26,27,28);2-5H,1H3,(H,7,8). The largest absolute Gasteiger partial charge is 0.478 e. The zero-order valence-corrected chi connectivity index (χ0v) is 20.9. The van der Waals surface area contributed by atoms with Crippen LogP contribution < -0.4 is 10.1 Å². The molecule has 0 radical (unpaired) electrons. The molecule has 4 rings (SSSR count). The van der Waals surface area contributed by atoms with Crippen LogP contribution in [0.2, 0.25) is 0 Å². The molecule has 0 bridgehead atoms.